The van der Waals surface area contributed by atoms with Crippen molar-refractivity contribution in [3.8, 4) is 39.1 Å². The molecule has 4 nitrogen and oxygen atoms in total. The van der Waals surface area contributed by atoms with Gasteiger partial charge in [-0.1, -0.05) is 146 Å². The van der Waals surface area contributed by atoms with Gasteiger partial charge in [-0.2, -0.15) is 0 Å². The summed E-state index contributed by atoms with van der Waals surface area (Å²) in [6.45, 7) is 6.03. The van der Waals surface area contributed by atoms with Crippen LogP contribution in [0.5, 0.6) is 0 Å². The minimum atomic E-state index is 0.564. The first-order chi connectivity index (χ1) is 28.1. The Bertz CT molecular complexity index is 3180. The van der Waals surface area contributed by atoms with E-state index in [1.54, 1.807) is 6.20 Å². The van der Waals surface area contributed by atoms with Crippen LogP contribution in [0.2, 0.25) is 0 Å². The molecule has 0 N–H and O–H groups in total. The zero-order valence-corrected chi connectivity index (χ0v) is 31.5. The van der Waals surface area contributed by atoms with Gasteiger partial charge in [-0.25, -0.2) is 9.98 Å². The smallest absolute Gasteiger partial charge is 0.234 e. The molecule has 0 aliphatic carbocycles. The molecule has 270 valence electrons. The molecule has 2 heterocycles. The number of aliphatic imine (C=N–C) groups is 2. The second-order valence-corrected chi connectivity index (χ2v) is 14.3. The maximum absolute atomic E-state index is 5.19. The quantitative estimate of drug-likeness (QED) is 0.121. The number of nitrogens with zero attached hydrogens (tertiary/aromatic N) is 4. The molecule has 0 aliphatic heterocycles. The molecule has 0 spiro atoms. The first-order valence-corrected chi connectivity index (χ1v) is 19.3. The molecule has 10 aromatic rings. The Morgan fingerprint density at radius 1 is 0.439 bits per heavy atom. The van der Waals surface area contributed by atoms with Gasteiger partial charge in [-0.15, -0.1) is 0 Å². The van der Waals surface area contributed by atoms with Gasteiger partial charge in [0.1, 0.15) is 0 Å². The number of hydrogen-bond acceptors (Lipinski definition) is 1. The van der Waals surface area contributed by atoms with Crippen LogP contribution in [0.1, 0.15) is 12.5 Å². The van der Waals surface area contributed by atoms with Gasteiger partial charge >= 0.3 is 0 Å². The molecule has 8 aromatic carbocycles. The largest absolute Gasteiger partial charge is 0.309 e. The van der Waals surface area contributed by atoms with Crippen molar-refractivity contribution in [2.75, 3.05) is 0 Å². The molecule has 4 heteroatoms. The Morgan fingerprint density at radius 3 is 1.61 bits per heavy atom. The molecule has 0 bridgehead atoms. The van der Waals surface area contributed by atoms with Gasteiger partial charge in [0.25, 0.3) is 0 Å². The lowest BCUT2D eigenvalue weighted by atomic mass is 9.98. The summed E-state index contributed by atoms with van der Waals surface area (Å²) < 4.78 is 4.51. The van der Waals surface area contributed by atoms with Crippen LogP contribution in [0.3, 0.4) is 0 Å². The third-order valence-corrected chi connectivity index (χ3v) is 11.0. The van der Waals surface area contributed by atoms with Gasteiger partial charge in [-0.3, -0.25) is 4.57 Å². The molecule has 2 aromatic heterocycles. The average Bonchev–Trinajstić information content (AvgIpc) is 3.79. The first-order valence-electron chi connectivity index (χ1n) is 19.3. The van der Waals surface area contributed by atoms with Crippen molar-refractivity contribution in [2.24, 2.45) is 9.98 Å². The fourth-order valence-electron chi connectivity index (χ4n) is 8.22. The van der Waals surface area contributed by atoms with Crippen LogP contribution in [0.15, 0.2) is 217 Å². The monoisotopic (exact) mass is 730 g/mol. The molecule has 0 saturated carbocycles. The molecule has 0 aliphatic rings. The van der Waals surface area contributed by atoms with Gasteiger partial charge in [0.2, 0.25) is 5.96 Å². The van der Waals surface area contributed by atoms with E-state index in [0.29, 0.717) is 5.96 Å². The Morgan fingerprint density at radius 2 is 0.912 bits per heavy atom. The topological polar surface area (TPSA) is 34.6 Å². The molecule has 57 heavy (non-hydrogen) atoms. The van der Waals surface area contributed by atoms with Crippen LogP contribution in [0.25, 0.3) is 82.7 Å². The lowest BCUT2D eigenvalue weighted by molar-refractivity contribution is 1.18. The van der Waals surface area contributed by atoms with Crippen LogP contribution < -0.4 is 0 Å². The number of aromatic nitrogens is 2. The zero-order chi connectivity index (χ0) is 38.3. The highest BCUT2D eigenvalue weighted by molar-refractivity contribution is 6.17. The Hall–Kier alpha value is -7.56. The summed E-state index contributed by atoms with van der Waals surface area (Å²) >= 11 is 0. The van der Waals surface area contributed by atoms with E-state index in [4.69, 9.17) is 9.98 Å². The van der Waals surface area contributed by atoms with Gasteiger partial charge in [0.05, 0.1) is 22.1 Å². The van der Waals surface area contributed by atoms with E-state index in [1.807, 2.05) is 13.0 Å². The molecule has 10 rings (SSSR count). The Balaban J connectivity index is 1.04. The number of fused-ring (bicyclic) bond motifs is 6. The maximum Gasteiger partial charge on any atom is 0.234 e. The van der Waals surface area contributed by atoms with E-state index in [9.17, 15) is 0 Å². The van der Waals surface area contributed by atoms with Gasteiger partial charge < -0.3 is 4.57 Å². The summed E-state index contributed by atoms with van der Waals surface area (Å²) in [5, 5.41) is 4.75. The molecule has 0 unspecified atom stereocenters. The second-order valence-electron chi connectivity index (χ2n) is 14.3. The normalized spacial score (nSPS) is 12.2. The Kier molecular flexibility index (Phi) is 8.50. The molecular formula is C53H38N4. The van der Waals surface area contributed by atoms with Gasteiger partial charge in [0.15, 0.2) is 0 Å². The summed E-state index contributed by atoms with van der Waals surface area (Å²) in [5.74, 6) is 0.564. The van der Waals surface area contributed by atoms with Crippen molar-refractivity contribution in [3.05, 3.63) is 212 Å². The van der Waals surface area contributed by atoms with Crippen molar-refractivity contribution in [2.45, 2.75) is 6.92 Å². The van der Waals surface area contributed by atoms with Crippen LogP contribution in [-0.4, -0.2) is 20.8 Å². The van der Waals surface area contributed by atoms with E-state index in [1.165, 1.54) is 38.5 Å². The van der Waals surface area contributed by atoms with Crippen molar-refractivity contribution < 1.29 is 0 Å². The van der Waals surface area contributed by atoms with Crippen LogP contribution in [0, 0.1) is 0 Å². The second kappa shape index (κ2) is 14.3. The highest BCUT2D eigenvalue weighted by Gasteiger charge is 2.18. The van der Waals surface area contributed by atoms with Crippen molar-refractivity contribution in [1.82, 2.24) is 9.13 Å². The summed E-state index contributed by atoms with van der Waals surface area (Å²) in [6, 6.07) is 69.1. The SMILES string of the molecule is C=CN=C(N=C(C)c1cccc(-c2ccc(-c3ccccc3)cc2)c1)n1c2ccccc2c2cc(-c3ccc4c(c3)c3ccccc3n4-c3ccccc3)ccc21. The van der Waals surface area contributed by atoms with Crippen LogP contribution in [-0.2, 0) is 0 Å². The maximum atomic E-state index is 5.19. The van der Waals surface area contributed by atoms with E-state index < -0.39 is 0 Å². The highest BCUT2D eigenvalue weighted by atomic mass is 15.2. The lowest BCUT2D eigenvalue weighted by Crippen LogP contribution is -2.12. The highest BCUT2D eigenvalue weighted by Crippen LogP contribution is 2.37. The van der Waals surface area contributed by atoms with E-state index >= 15 is 0 Å². The predicted octanol–water partition coefficient (Wildman–Crippen LogP) is 13.7. The first kappa shape index (κ1) is 34.0. The van der Waals surface area contributed by atoms with Crippen LogP contribution >= 0.6 is 0 Å². The van der Waals surface area contributed by atoms with Crippen molar-refractivity contribution in [1.29, 1.82) is 0 Å². The van der Waals surface area contributed by atoms with E-state index in [-0.39, 0.29) is 0 Å². The molecule has 0 atom stereocenters. The third-order valence-electron chi connectivity index (χ3n) is 11.0. The van der Waals surface area contributed by atoms with Gasteiger partial charge in [0, 0.05) is 39.1 Å². The summed E-state index contributed by atoms with van der Waals surface area (Å²) in [5.41, 5.74) is 14.5. The summed E-state index contributed by atoms with van der Waals surface area (Å²) in [7, 11) is 0. The molecule has 0 fully saturated rings. The minimum Gasteiger partial charge on any atom is -0.309 e. The molecule has 0 radical (unpaired) electrons. The van der Waals surface area contributed by atoms with Crippen molar-refractivity contribution in [3.63, 3.8) is 0 Å². The fraction of sp³-hybridized carbons (Fsp3) is 0.0189. The molecule has 0 amide bonds. The summed E-state index contributed by atoms with van der Waals surface area (Å²) in [4.78, 5) is 9.97. The van der Waals surface area contributed by atoms with Crippen LogP contribution in [0.4, 0.5) is 0 Å². The number of rotatable bonds is 6. The minimum absolute atomic E-state index is 0.564. The molecule has 0 saturated heterocycles. The summed E-state index contributed by atoms with van der Waals surface area (Å²) in [6.07, 6.45) is 1.58. The number of hydrogen-bond donors (Lipinski definition) is 0. The third kappa shape index (κ3) is 6.05. The standard InChI is InChI=1S/C53H38N4/c1-3-54-53(55-36(2)40-17-14-18-41(33-40)39-27-25-38(26-28-39)37-15-6-4-7-16-37)57-50-24-13-11-22-46(50)48-35-43(30-32-52(48)57)42-29-31-51-47(34-42)45-21-10-12-23-49(45)56(51)44-19-8-5-9-20-44/h3-35H,1H2,2H3. The fourth-order valence-corrected chi connectivity index (χ4v) is 8.22. The van der Waals surface area contributed by atoms with E-state index in [0.717, 1.165) is 55.5 Å². The average molecular weight is 731 g/mol. The van der Waals surface area contributed by atoms with E-state index in [2.05, 4.69) is 204 Å². The predicted molar refractivity (Wildman–Crippen MR) is 242 cm³/mol. The molecular weight excluding hydrogens is 693 g/mol. The Labute approximate surface area is 331 Å². The van der Waals surface area contributed by atoms with Gasteiger partial charge in [-0.05, 0) is 100 Å². The number of para-hydroxylation sites is 3. The van der Waals surface area contributed by atoms with Crippen molar-refractivity contribution >= 4 is 55.3 Å². The zero-order valence-electron chi connectivity index (χ0n) is 31.5. The number of benzene rings is 8. The lowest BCUT2D eigenvalue weighted by Gasteiger charge is -2.10.